The minimum atomic E-state index is 0. The molecule has 0 saturated heterocycles. The van der Waals surface area contributed by atoms with Crippen LogP contribution in [0.5, 0.6) is 0 Å². The van der Waals surface area contributed by atoms with Gasteiger partial charge in [0, 0.05) is 32.7 Å². The second-order valence-corrected chi connectivity index (χ2v) is 1.46. The Kier molecular flexibility index (Phi) is 16.1. The molecule has 0 rings (SSSR count). The minimum absolute atomic E-state index is 0. The Morgan fingerprint density at radius 3 is 2.38 bits per heavy atom. The average molecular weight is 190 g/mol. The van der Waals surface area contributed by atoms with Crippen molar-refractivity contribution in [2.24, 2.45) is 0 Å². The van der Waals surface area contributed by atoms with E-state index in [1.165, 1.54) is 0 Å². The van der Waals surface area contributed by atoms with E-state index in [1.54, 1.807) is 0 Å². The summed E-state index contributed by atoms with van der Waals surface area (Å²) in [6.07, 6.45) is 1.15. The van der Waals surface area contributed by atoms with Gasteiger partial charge in [-0.3, -0.25) is 7.05 Å². The Morgan fingerprint density at radius 1 is 1.38 bits per heavy atom. The van der Waals surface area contributed by atoms with Crippen LogP contribution in [-0.4, -0.2) is 20.1 Å². The quantitative estimate of drug-likeness (QED) is 0.480. The fourth-order valence-corrected chi connectivity index (χ4v) is 0.390. The van der Waals surface area contributed by atoms with Gasteiger partial charge in [-0.05, 0) is 26.6 Å². The molecule has 0 aromatic carbocycles. The molecule has 0 aromatic rings. The summed E-state index contributed by atoms with van der Waals surface area (Å²) in [4.78, 5) is 0. The zero-order chi connectivity index (χ0) is 5.54. The van der Waals surface area contributed by atoms with Crippen LogP contribution in [-0.2, 0) is 32.7 Å². The Labute approximate surface area is 76.7 Å². The first kappa shape index (κ1) is 11.8. The summed E-state index contributed by atoms with van der Waals surface area (Å²) in [7, 11) is 5.43. The van der Waals surface area contributed by atoms with Gasteiger partial charge in [-0.15, -0.1) is 0 Å². The van der Waals surface area contributed by atoms with E-state index in [4.69, 9.17) is 0 Å². The van der Waals surface area contributed by atoms with E-state index in [2.05, 4.69) is 17.7 Å². The SMILES string of the molecule is [CH2-]NCCCNC.[Y]. The van der Waals surface area contributed by atoms with E-state index >= 15 is 0 Å². The molecule has 47 valence electrons. The van der Waals surface area contributed by atoms with E-state index in [0.29, 0.717) is 0 Å². The van der Waals surface area contributed by atoms with Crippen molar-refractivity contribution in [3.63, 3.8) is 0 Å². The van der Waals surface area contributed by atoms with Crippen LogP contribution in [0.2, 0.25) is 0 Å². The number of nitrogens with one attached hydrogen (secondary N) is 2. The normalized spacial score (nSPS) is 8.25. The summed E-state index contributed by atoms with van der Waals surface area (Å²) in [5.74, 6) is 0. The molecule has 2 N–H and O–H groups in total. The molecule has 0 atom stereocenters. The molecular formula is C5H13N2Y-. The van der Waals surface area contributed by atoms with Crippen LogP contribution in [0.25, 0.3) is 0 Å². The zero-order valence-electron chi connectivity index (χ0n) is 5.41. The minimum Gasteiger partial charge on any atom is -0.473 e. The summed E-state index contributed by atoms with van der Waals surface area (Å²) in [6.45, 7) is 2.07. The van der Waals surface area contributed by atoms with Gasteiger partial charge >= 0.3 is 0 Å². The van der Waals surface area contributed by atoms with Gasteiger partial charge in [0.05, 0.1) is 0 Å². The fourth-order valence-electron chi connectivity index (χ4n) is 0.390. The molecule has 0 aliphatic carbocycles. The molecule has 0 aliphatic rings. The van der Waals surface area contributed by atoms with Crippen LogP contribution in [0.1, 0.15) is 6.42 Å². The Balaban J connectivity index is 0. The predicted molar refractivity (Wildman–Crippen MR) is 31.9 cm³/mol. The molecule has 1 radical (unpaired) electrons. The number of hydrogen-bond donors (Lipinski definition) is 2. The summed E-state index contributed by atoms with van der Waals surface area (Å²) < 4.78 is 0. The summed E-state index contributed by atoms with van der Waals surface area (Å²) in [5, 5.41) is 5.85. The second-order valence-electron chi connectivity index (χ2n) is 1.46. The van der Waals surface area contributed by atoms with E-state index in [0.717, 1.165) is 19.5 Å². The molecule has 0 spiro atoms. The molecule has 0 aliphatic heterocycles. The smallest absolute Gasteiger partial charge is 0 e. The van der Waals surface area contributed by atoms with Crippen LogP contribution < -0.4 is 10.6 Å². The van der Waals surface area contributed by atoms with E-state index in [1.807, 2.05) is 7.05 Å². The van der Waals surface area contributed by atoms with Gasteiger partial charge < -0.3 is 10.6 Å². The summed E-state index contributed by atoms with van der Waals surface area (Å²) in [6, 6.07) is 0. The molecule has 3 heteroatoms. The van der Waals surface area contributed by atoms with Crippen molar-refractivity contribution in [1.82, 2.24) is 10.6 Å². The summed E-state index contributed by atoms with van der Waals surface area (Å²) in [5.41, 5.74) is 0. The van der Waals surface area contributed by atoms with Crippen LogP contribution in [0.15, 0.2) is 0 Å². The molecule has 0 saturated carbocycles. The van der Waals surface area contributed by atoms with Crippen molar-refractivity contribution in [1.29, 1.82) is 0 Å². The van der Waals surface area contributed by atoms with Gasteiger partial charge in [0.15, 0.2) is 0 Å². The molecule has 8 heavy (non-hydrogen) atoms. The van der Waals surface area contributed by atoms with Gasteiger partial charge in [0.2, 0.25) is 0 Å². The van der Waals surface area contributed by atoms with Gasteiger partial charge in [-0.1, -0.05) is 0 Å². The van der Waals surface area contributed by atoms with E-state index in [9.17, 15) is 0 Å². The maximum Gasteiger partial charge on any atom is 0 e. The van der Waals surface area contributed by atoms with Gasteiger partial charge in [-0.2, -0.15) is 0 Å². The van der Waals surface area contributed by atoms with Crippen molar-refractivity contribution in [2.45, 2.75) is 6.42 Å². The maximum atomic E-state index is 3.48. The zero-order valence-corrected chi connectivity index (χ0v) is 8.24. The van der Waals surface area contributed by atoms with Gasteiger partial charge in [-0.25, -0.2) is 0 Å². The number of hydrogen-bond acceptors (Lipinski definition) is 2. The van der Waals surface area contributed by atoms with Crippen molar-refractivity contribution in [3.8, 4) is 0 Å². The molecule has 0 bridgehead atoms. The Bertz CT molecular complexity index is 29.6. The Morgan fingerprint density at radius 2 is 2.00 bits per heavy atom. The standard InChI is InChI=1S/C5H13N2.Y/c1-6-4-3-5-7-2;/h6-7H,1,3-5H2,2H3;/q-1;. The Hall–Kier alpha value is 1.02. The first-order valence-corrected chi connectivity index (χ1v) is 2.56. The van der Waals surface area contributed by atoms with Crippen molar-refractivity contribution in [2.75, 3.05) is 20.1 Å². The molecule has 0 unspecified atom stereocenters. The topological polar surface area (TPSA) is 24.1 Å². The van der Waals surface area contributed by atoms with Crippen molar-refractivity contribution < 1.29 is 32.7 Å². The number of rotatable bonds is 4. The van der Waals surface area contributed by atoms with Crippen LogP contribution in [0.4, 0.5) is 0 Å². The summed E-state index contributed by atoms with van der Waals surface area (Å²) >= 11 is 0. The fraction of sp³-hybridized carbons (Fsp3) is 0.800. The largest absolute Gasteiger partial charge is 0.473 e. The third kappa shape index (κ3) is 10.1. The molecule has 2 nitrogen and oxygen atoms in total. The second kappa shape index (κ2) is 10.9. The van der Waals surface area contributed by atoms with Gasteiger partial charge in [0.25, 0.3) is 0 Å². The molecule has 0 aromatic heterocycles. The molecule has 0 heterocycles. The first-order valence-electron chi connectivity index (χ1n) is 2.56. The maximum absolute atomic E-state index is 3.48. The first-order chi connectivity index (χ1) is 3.41. The van der Waals surface area contributed by atoms with Crippen LogP contribution in [0.3, 0.4) is 0 Å². The third-order valence-corrected chi connectivity index (χ3v) is 0.780. The van der Waals surface area contributed by atoms with Gasteiger partial charge in [0.1, 0.15) is 0 Å². The van der Waals surface area contributed by atoms with Crippen LogP contribution >= 0.6 is 0 Å². The molecular weight excluding hydrogens is 177 g/mol. The van der Waals surface area contributed by atoms with Crippen molar-refractivity contribution in [3.05, 3.63) is 7.05 Å². The monoisotopic (exact) mass is 190 g/mol. The predicted octanol–water partition coefficient (Wildman–Crippen LogP) is -0.0254. The third-order valence-electron chi connectivity index (χ3n) is 0.780. The average Bonchev–Trinajstić information content (AvgIpc) is 1.69. The molecule has 0 amide bonds. The van der Waals surface area contributed by atoms with Crippen molar-refractivity contribution >= 4 is 0 Å². The van der Waals surface area contributed by atoms with E-state index in [-0.39, 0.29) is 32.7 Å². The van der Waals surface area contributed by atoms with Crippen LogP contribution in [0, 0.1) is 7.05 Å². The van der Waals surface area contributed by atoms with E-state index < -0.39 is 0 Å². The molecule has 0 fully saturated rings.